The molecule has 4 rings (SSSR count). The number of aromatic nitrogens is 4. The fourth-order valence-electron chi connectivity index (χ4n) is 3.78. The Balaban J connectivity index is 1.30. The van der Waals surface area contributed by atoms with Crippen molar-refractivity contribution >= 4 is 5.91 Å². The van der Waals surface area contributed by atoms with Gasteiger partial charge < -0.3 is 10.1 Å². The van der Waals surface area contributed by atoms with Gasteiger partial charge in [0.1, 0.15) is 6.10 Å². The molecule has 26 heavy (non-hydrogen) atoms. The molecule has 1 unspecified atom stereocenters. The Hall–Kier alpha value is -2.28. The first kappa shape index (κ1) is 17.1. The molecule has 1 aliphatic carbocycles. The Labute approximate surface area is 153 Å². The normalized spacial score (nSPS) is 26.4. The van der Waals surface area contributed by atoms with E-state index in [4.69, 9.17) is 4.74 Å². The molecule has 0 spiro atoms. The third-order valence-electron chi connectivity index (χ3n) is 5.30. The number of hydrogen-bond donors (Lipinski definition) is 1. The van der Waals surface area contributed by atoms with E-state index in [2.05, 4.69) is 20.7 Å². The van der Waals surface area contributed by atoms with Gasteiger partial charge in [0, 0.05) is 18.2 Å². The van der Waals surface area contributed by atoms with Gasteiger partial charge in [-0.3, -0.25) is 4.79 Å². The van der Waals surface area contributed by atoms with Crippen LogP contribution in [0.15, 0.2) is 30.3 Å². The number of carbonyl (C=O) groups excluding carboxylic acids is 1. The number of nitrogens with one attached hydrogen (secondary N) is 1. The summed E-state index contributed by atoms with van der Waals surface area (Å²) < 4.78 is 5.57. The maximum Gasteiger partial charge on any atom is 0.249 e. The van der Waals surface area contributed by atoms with E-state index in [1.54, 1.807) is 4.80 Å². The standard InChI is InChI=1S/C19H25N5O2/c25-19(17-8-4-5-13-26-17)20-15-9-11-16(12-10-15)24-22-18(21-23-24)14-6-2-1-3-7-14/h1-3,6-7,15-17H,4-5,8-13H2,(H,20,25). The fourth-order valence-corrected chi connectivity index (χ4v) is 3.78. The highest BCUT2D eigenvalue weighted by atomic mass is 16.5. The molecular weight excluding hydrogens is 330 g/mol. The van der Waals surface area contributed by atoms with Crippen LogP contribution in [0, 0.1) is 0 Å². The van der Waals surface area contributed by atoms with Gasteiger partial charge in [0.15, 0.2) is 0 Å². The number of carbonyl (C=O) groups is 1. The first-order valence-electron chi connectivity index (χ1n) is 9.56. The number of rotatable bonds is 4. The largest absolute Gasteiger partial charge is 0.368 e. The van der Waals surface area contributed by atoms with Crippen molar-refractivity contribution in [1.29, 1.82) is 0 Å². The molecule has 0 bridgehead atoms. The van der Waals surface area contributed by atoms with Gasteiger partial charge in [-0.05, 0) is 50.2 Å². The summed E-state index contributed by atoms with van der Waals surface area (Å²) >= 11 is 0. The van der Waals surface area contributed by atoms with E-state index in [1.165, 1.54) is 0 Å². The number of amides is 1. The Bertz CT molecular complexity index is 719. The van der Waals surface area contributed by atoms with Gasteiger partial charge in [-0.15, -0.1) is 10.2 Å². The minimum atomic E-state index is -0.258. The Morgan fingerprint density at radius 3 is 2.62 bits per heavy atom. The van der Waals surface area contributed by atoms with Crippen molar-refractivity contribution in [3.8, 4) is 11.4 Å². The number of tetrazole rings is 1. The van der Waals surface area contributed by atoms with Gasteiger partial charge in [0.2, 0.25) is 11.7 Å². The van der Waals surface area contributed by atoms with Crippen molar-refractivity contribution in [3.05, 3.63) is 30.3 Å². The summed E-state index contributed by atoms with van der Waals surface area (Å²) in [5, 5.41) is 16.1. The van der Waals surface area contributed by atoms with Crippen LogP contribution < -0.4 is 5.32 Å². The fraction of sp³-hybridized carbons (Fsp3) is 0.579. The third-order valence-corrected chi connectivity index (χ3v) is 5.30. The molecule has 138 valence electrons. The minimum Gasteiger partial charge on any atom is -0.368 e. The zero-order valence-electron chi connectivity index (χ0n) is 14.9. The zero-order chi connectivity index (χ0) is 17.8. The smallest absolute Gasteiger partial charge is 0.249 e. The van der Waals surface area contributed by atoms with E-state index in [0.717, 1.165) is 50.5 Å². The summed E-state index contributed by atoms with van der Waals surface area (Å²) in [5.41, 5.74) is 0.979. The molecule has 1 atom stereocenters. The zero-order valence-corrected chi connectivity index (χ0v) is 14.9. The van der Waals surface area contributed by atoms with E-state index in [0.29, 0.717) is 12.4 Å². The van der Waals surface area contributed by atoms with Crippen molar-refractivity contribution in [1.82, 2.24) is 25.5 Å². The lowest BCUT2D eigenvalue weighted by atomic mass is 9.91. The summed E-state index contributed by atoms with van der Waals surface area (Å²) in [5.74, 6) is 0.717. The summed E-state index contributed by atoms with van der Waals surface area (Å²) in [6.45, 7) is 0.701. The highest BCUT2D eigenvalue weighted by Gasteiger charge is 2.28. The molecule has 1 saturated heterocycles. The number of ether oxygens (including phenoxy) is 1. The summed E-state index contributed by atoms with van der Waals surface area (Å²) in [7, 11) is 0. The Kier molecular flexibility index (Phi) is 5.24. The van der Waals surface area contributed by atoms with Gasteiger partial charge >= 0.3 is 0 Å². The average molecular weight is 355 g/mol. The topological polar surface area (TPSA) is 81.9 Å². The predicted molar refractivity (Wildman–Crippen MR) is 96.3 cm³/mol. The van der Waals surface area contributed by atoms with E-state index in [9.17, 15) is 4.79 Å². The van der Waals surface area contributed by atoms with Crippen molar-refractivity contribution in [2.45, 2.75) is 63.1 Å². The van der Waals surface area contributed by atoms with E-state index >= 15 is 0 Å². The number of benzene rings is 1. The highest BCUT2D eigenvalue weighted by Crippen LogP contribution is 2.28. The molecule has 1 N–H and O–H groups in total. The highest BCUT2D eigenvalue weighted by molar-refractivity contribution is 5.81. The summed E-state index contributed by atoms with van der Waals surface area (Å²) in [4.78, 5) is 14.0. The molecule has 1 aliphatic heterocycles. The second-order valence-corrected chi connectivity index (χ2v) is 7.17. The average Bonchev–Trinajstić information content (AvgIpc) is 3.20. The van der Waals surface area contributed by atoms with Gasteiger partial charge in [-0.2, -0.15) is 4.80 Å². The van der Waals surface area contributed by atoms with Crippen LogP contribution in [-0.4, -0.2) is 44.9 Å². The summed E-state index contributed by atoms with van der Waals surface area (Å²) in [6.07, 6.45) is 6.48. The van der Waals surface area contributed by atoms with Crippen LogP contribution in [0.5, 0.6) is 0 Å². The minimum absolute atomic E-state index is 0.0541. The van der Waals surface area contributed by atoms with Crippen LogP contribution >= 0.6 is 0 Å². The maximum absolute atomic E-state index is 12.3. The number of nitrogens with zero attached hydrogens (tertiary/aromatic N) is 4. The van der Waals surface area contributed by atoms with Crippen LogP contribution in [0.3, 0.4) is 0 Å². The second kappa shape index (κ2) is 7.95. The molecule has 7 heteroatoms. The lowest BCUT2D eigenvalue weighted by molar-refractivity contribution is -0.136. The summed E-state index contributed by atoms with van der Waals surface area (Å²) in [6, 6.07) is 10.4. The van der Waals surface area contributed by atoms with Crippen LogP contribution in [-0.2, 0) is 9.53 Å². The SMILES string of the molecule is O=C(NC1CCC(n2nnc(-c3ccccc3)n2)CC1)C1CCCCO1. The molecule has 7 nitrogen and oxygen atoms in total. The molecular formula is C19H25N5O2. The van der Waals surface area contributed by atoms with Gasteiger partial charge in [0.05, 0.1) is 6.04 Å². The molecule has 1 saturated carbocycles. The van der Waals surface area contributed by atoms with Gasteiger partial charge in [0.25, 0.3) is 0 Å². The van der Waals surface area contributed by atoms with E-state index < -0.39 is 0 Å². The molecule has 1 amide bonds. The molecule has 2 fully saturated rings. The Morgan fingerprint density at radius 1 is 1.08 bits per heavy atom. The van der Waals surface area contributed by atoms with Crippen LogP contribution in [0.1, 0.15) is 51.0 Å². The first-order valence-corrected chi connectivity index (χ1v) is 9.56. The van der Waals surface area contributed by atoms with Crippen molar-refractivity contribution in [3.63, 3.8) is 0 Å². The van der Waals surface area contributed by atoms with Gasteiger partial charge in [-0.1, -0.05) is 30.3 Å². The quantitative estimate of drug-likeness (QED) is 0.911. The molecule has 1 aromatic carbocycles. The van der Waals surface area contributed by atoms with Crippen molar-refractivity contribution in [2.75, 3.05) is 6.61 Å². The first-order chi connectivity index (χ1) is 12.8. The van der Waals surface area contributed by atoms with Crippen LogP contribution in [0.25, 0.3) is 11.4 Å². The molecule has 2 aromatic rings. The molecule has 0 radical (unpaired) electrons. The second-order valence-electron chi connectivity index (χ2n) is 7.17. The van der Waals surface area contributed by atoms with Crippen LogP contribution in [0.4, 0.5) is 0 Å². The lowest BCUT2D eigenvalue weighted by Gasteiger charge is -2.30. The molecule has 2 aliphatic rings. The monoisotopic (exact) mass is 355 g/mol. The maximum atomic E-state index is 12.3. The van der Waals surface area contributed by atoms with Crippen LogP contribution in [0.2, 0.25) is 0 Å². The van der Waals surface area contributed by atoms with E-state index in [1.807, 2.05) is 30.3 Å². The van der Waals surface area contributed by atoms with Gasteiger partial charge in [-0.25, -0.2) is 0 Å². The Morgan fingerprint density at radius 2 is 1.88 bits per heavy atom. The number of hydrogen-bond acceptors (Lipinski definition) is 5. The lowest BCUT2D eigenvalue weighted by Crippen LogP contribution is -2.45. The van der Waals surface area contributed by atoms with Crippen molar-refractivity contribution in [2.24, 2.45) is 0 Å². The third kappa shape index (κ3) is 3.93. The van der Waals surface area contributed by atoms with E-state index in [-0.39, 0.29) is 24.1 Å². The molecule has 2 heterocycles. The predicted octanol–water partition coefficient (Wildman–Crippen LogP) is 2.51. The van der Waals surface area contributed by atoms with Crippen molar-refractivity contribution < 1.29 is 9.53 Å². The molecule has 1 aromatic heterocycles.